The van der Waals surface area contributed by atoms with Gasteiger partial charge in [-0.15, -0.1) is 0 Å². The number of benzene rings is 2. The number of anilines is 2. The molecule has 2 rings (SSSR count). The van der Waals surface area contributed by atoms with Gasteiger partial charge in [0.1, 0.15) is 0 Å². The zero-order valence-corrected chi connectivity index (χ0v) is 16.5. The van der Waals surface area contributed by atoms with Gasteiger partial charge in [-0.2, -0.15) is 13.2 Å². The topological polar surface area (TPSA) is 95.5 Å². The Morgan fingerprint density at radius 2 is 1.71 bits per heavy atom. The van der Waals surface area contributed by atoms with Gasteiger partial charge in [0.05, 0.1) is 21.7 Å². The maximum atomic E-state index is 12.8. The minimum absolute atomic E-state index is 0.00637. The molecule has 0 heterocycles. The van der Waals surface area contributed by atoms with Crippen LogP contribution in [0.1, 0.15) is 35.3 Å². The lowest BCUT2D eigenvalue weighted by Gasteiger charge is -2.16. The molecule has 0 radical (unpaired) electrons. The first-order chi connectivity index (χ1) is 13.0. The number of carbonyl (C=O) groups is 1. The van der Waals surface area contributed by atoms with E-state index in [0.29, 0.717) is 0 Å². The van der Waals surface area contributed by atoms with E-state index in [0.717, 1.165) is 18.2 Å². The van der Waals surface area contributed by atoms with Crippen molar-refractivity contribution in [1.82, 2.24) is 4.72 Å². The summed E-state index contributed by atoms with van der Waals surface area (Å²) in [7, 11) is -2.70. The Balaban J connectivity index is 0.00000190. The van der Waals surface area contributed by atoms with Gasteiger partial charge in [-0.1, -0.05) is 19.9 Å². The Hall–Kier alpha value is -2.59. The number of sulfonamides is 1. The van der Waals surface area contributed by atoms with Crippen LogP contribution in [0.5, 0.6) is 0 Å². The molecule has 0 aliphatic heterocycles. The van der Waals surface area contributed by atoms with E-state index in [2.05, 4.69) is 10.0 Å². The molecule has 2 aromatic rings. The number of aromatic carboxylic acids is 1. The molecule has 0 saturated heterocycles. The van der Waals surface area contributed by atoms with Crippen molar-refractivity contribution in [1.29, 1.82) is 0 Å². The molecule has 0 aliphatic rings. The predicted octanol–water partition coefficient (Wildman–Crippen LogP) is 4.39. The average molecular weight is 418 g/mol. The molecule has 28 heavy (non-hydrogen) atoms. The standard InChI is InChI=1S/C16H15F3N2O4S.C2H6/c1-9-6-12(26(24,25)20-2)8-13(15(22)23)14(9)21-11-5-3-4-10(7-11)16(17,18)19;1-2/h3-8,20-21H,1-2H3,(H,22,23);1-2H3. The van der Waals surface area contributed by atoms with Crippen LogP contribution in [0.4, 0.5) is 24.5 Å². The molecule has 10 heteroatoms. The second-order valence-corrected chi connectivity index (χ2v) is 7.27. The second-order valence-electron chi connectivity index (χ2n) is 5.38. The number of carboxylic acid groups (broad SMARTS) is 1. The quantitative estimate of drug-likeness (QED) is 0.669. The Morgan fingerprint density at radius 1 is 1.11 bits per heavy atom. The maximum absolute atomic E-state index is 12.8. The summed E-state index contributed by atoms with van der Waals surface area (Å²) in [5.74, 6) is -1.42. The first-order valence-electron chi connectivity index (χ1n) is 8.21. The predicted molar refractivity (Wildman–Crippen MR) is 100 cm³/mol. The van der Waals surface area contributed by atoms with Crippen molar-refractivity contribution < 1.29 is 31.5 Å². The molecular weight excluding hydrogens is 397 g/mol. The average Bonchev–Trinajstić information content (AvgIpc) is 2.64. The number of carboxylic acids is 1. The van der Waals surface area contributed by atoms with Gasteiger partial charge >= 0.3 is 12.1 Å². The molecule has 0 atom stereocenters. The molecule has 0 amide bonds. The first kappa shape index (κ1) is 23.4. The van der Waals surface area contributed by atoms with Crippen LogP contribution in [0.3, 0.4) is 0 Å². The molecule has 3 N–H and O–H groups in total. The van der Waals surface area contributed by atoms with Gasteiger partial charge < -0.3 is 10.4 Å². The molecule has 154 valence electrons. The summed E-state index contributed by atoms with van der Waals surface area (Å²) in [6.45, 7) is 5.46. The molecule has 0 saturated carbocycles. The van der Waals surface area contributed by atoms with Crippen LogP contribution in [-0.4, -0.2) is 26.5 Å². The molecule has 0 bridgehead atoms. The molecule has 0 aromatic heterocycles. The lowest BCUT2D eigenvalue weighted by atomic mass is 10.1. The van der Waals surface area contributed by atoms with E-state index in [9.17, 15) is 31.5 Å². The van der Waals surface area contributed by atoms with E-state index in [-0.39, 0.29) is 27.4 Å². The van der Waals surface area contributed by atoms with Gasteiger partial charge in [-0.05, 0) is 49.9 Å². The van der Waals surface area contributed by atoms with Gasteiger partial charge in [0, 0.05) is 5.69 Å². The van der Waals surface area contributed by atoms with E-state index in [4.69, 9.17) is 0 Å². The van der Waals surface area contributed by atoms with Crippen molar-refractivity contribution in [2.24, 2.45) is 0 Å². The highest BCUT2D eigenvalue weighted by molar-refractivity contribution is 7.89. The second kappa shape index (κ2) is 9.07. The van der Waals surface area contributed by atoms with Crippen LogP contribution in [0.15, 0.2) is 41.3 Å². The Kier molecular flexibility index (Phi) is 7.59. The van der Waals surface area contributed by atoms with Crippen LogP contribution in [0.25, 0.3) is 0 Å². The van der Waals surface area contributed by atoms with Gasteiger partial charge in [-0.25, -0.2) is 17.9 Å². The van der Waals surface area contributed by atoms with E-state index in [1.165, 1.54) is 32.2 Å². The Labute approximate surface area is 161 Å². The lowest BCUT2D eigenvalue weighted by Crippen LogP contribution is -2.19. The molecule has 0 fully saturated rings. The fraction of sp³-hybridized carbons (Fsp3) is 0.278. The summed E-state index contributed by atoms with van der Waals surface area (Å²) in [4.78, 5) is 11.3. The summed E-state index contributed by atoms with van der Waals surface area (Å²) in [6.07, 6.45) is -4.55. The largest absolute Gasteiger partial charge is 0.478 e. The van der Waals surface area contributed by atoms with Crippen molar-refractivity contribution >= 4 is 27.4 Å². The number of aryl methyl sites for hydroxylation is 1. The van der Waals surface area contributed by atoms with Crippen LogP contribution >= 0.6 is 0 Å². The number of rotatable bonds is 5. The van der Waals surface area contributed by atoms with Gasteiger partial charge in [-0.3, -0.25) is 0 Å². The normalized spacial score (nSPS) is 11.4. The van der Waals surface area contributed by atoms with Crippen LogP contribution < -0.4 is 10.0 Å². The maximum Gasteiger partial charge on any atom is 0.416 e. The van der Waals surface area contributed by atoms with Crippen LogP contribution in [-0.2, 0) is 16.2 Å². The van der Waals surface area contributed by atoms with Crippen molar-refractivity contribution in [2.45, 2.75) is 31.8 Å². The molecule has 0 unspecified atom stereocenters. The highest BCUT2D eigenvalue weighted by atomic mass is 32.2. The monoisotopic (exact) mass is 418 g/mol. The molecular formula is C18H21F3N2O4S. The van der Waals surface area contributed by atoms with E-state index < -0.39 is 27.7 Å². The molecule has 0 spiro atoms. The fourth-order valence-electron chi connectivity index (χ4n) is 2.28. The van der Waals surface area contributed by atoms with E-state index >= 15 is 0 Å². The van der Waals surface area contributed by atoms with Crippen molar-refractivity contribution in [2.75, 3.05) is 12.4 Å². The zero-order valence-electron chi connectivity index (χ0n) is 15.7. The van der Waals surface area contributed by atoms with Crippen LogP contribution in [0.2, 0.25) is 0 Å². The SMILES string of the molecule is CC.CNS(=O)(=O)c1cc(C)c(Nc2cccc(C(F)(F)F)c2)c(C(=O)O)c1. The Bertz CT molecular complexity index is 958. The zero-order chi connectivity index (χ0) is 21.7. The number of alkyl halides is 3. The Morgan fingerprint density at radius 3 is 2.21 bits per heavy atom. The fourth-order valence-corrected chi connectivity index (χ4v) is 3.12. The van der Waals surface area contributed by atoms with Gasteiger partial charge in [0.2, 0.25) is 10.0 Å². The third-order valence-electron chi connectivity index (χ3n) is 3.58. The number of nitrogens with one attached hydrogen (secondary N) is 2. The van der Waals surface area contributed by atoms with Crippen molar-refractivity contribution in [3.05, 3.63) is 53.1 Å². The van der Waals surface area contributed by atoms with Gasteiger partial charge in [0.25, 0.3) is 0 Å². The summed E-state index contributed by atoms with van der Waals surface area (Å²) in [5.41, 5.74) is -1.000. The highest BCUT2D eigenvalue weighted by Crippen LogP contribution is 2.33. The summed E-state index contributed by atoms with van der Waals surface area (Å²) in [5, 5.41) is 12.0. The summed E-state index contributed by atoms with van der Waals surface area (Å²) in [6, 6.07) is 6.42. The number of halogens is 3. The lowest BCUT2D eigenvalue weighted by molar-refractivity contribution is -0.137. The smallest absolute Gasteiger partial charge is 0.416 e. The summed E-state index contributed by atoms with van der Waals surface area (Å²) >= 11 is 0. The number of hydrogen-bond donors (Lipinski definition) is 3. The van der Waals surface area contributed by atoms with Crippen LogP contribution in [0, 0.1) is 6.92 Å². The molecule has 6 nitrogen and oxygen atoms in total. The van der Waals surface area contributed by atoms with E-state index in [1.807, 2.05) is 13.8 Å². The molecule has 0 aliphatic carbocycles. The van der Waals surface area contributed by atoms with E-state index in [1.54, 1.807) is 0 Å². The third kappa shape index (κ3) is 5.46. The summed E-state index contributed by atoms with van der Waals surface area (Å²) < 4.78 is 64.3. The minimum Gasteiger partial charge on any atom is -0.478 e. The molecule has 2 aromatic carbocycles. The van der Waals surface area contributed by atoms with Gasteiger partial charge in [0.15, 0.2) is 0 Å². The van der Waals surface area contributed by atoms with Crippen molar-refractivity contribution in [3.63, 3.8) is 0 Å². The number of hydrogen-bond acceptors (Lipinski definition) is 4. The highest BCUT2D eigenvalue weighted by Gasteiger charge is 2.30. The third-order valence-corrected chi connectivity index (χ3v) is 4.97. The van der Waals surface area contributed by atoms with Crippen molar-refractivity contribution in [3.8, 4) is 0 Å². The minimum atomic E-state index is -4.55. The first-order valence-corrected chi connectivity index (χ1v) is 9.70.